The zero-order valence-electron chi connectivity index (χ0n) is 13.1. The van der Waals surface area contributed by atoms with Crippen molar-refractivity contribution in [1.82, 2.24) is 0 Å². The van der Waals surface area contributed by atoms with E-state index in [2.05, 4.69) is 27.7 Å². The lowest BCUT2D eigenvalue weighted by molar-refractivity contribution is -0.0592. The first-order chi connectivity index (χ1) is 8.58. The molecule has 0 aromatic carbocycles. The first kappa shape index (κ1) is 17.9. The van der Waals surface area contributed by atoms with Crippen LogP contribution in [0.5, 0.6) is 0 Å². The molecule has 0 aromatic heterocycles. The van der Waals surface area contributed by atoms with Crippen molar-refractivity contribution in [3.8, 4) is 0 Å². The number of ether oxygens (including phenoxy) is 1. The number of hydrogen-bond donors (Lipinski definition) is 1. The van der Waals surface area contributed by atoms with Crippen LogP contribution in [0.3, 0.4) is 0 Å². The first-order valence-corrected chi connectivity index (χ1v) is 7.92. The molecule has 0 fully saturated rings. The van der Waals surface area contributed by atoms with Gasteiger partial charge in [0.1, 0.15) is 0 Å². The van der Waals surface area contributed by atoms with Gasteiger partial charge in [0.15, 0.2) is 0 Å². The Labute approximate surface area is 115 Å². The molecule has 0 bridgehead atoms. The average molecular weight is 257 g/mol. The van der Waals surface area contributed by atoms with Crippen LogP contribution < -0.4 is 5.73 Å². The molecule has 18 heavy (non-hydrogen) atoms. The third-order valence-electron chi connectivity index (χ3n) is 3.92. The molecule has 0 aromatic rings. The minimum Gasteiger partial charge on any atom is -0.376 e. The summed E-state index contributed by atoms with van der Waals surface area (Å²) in [6.45, 7) is 10.3. The smallest absolute Gasteiger partial charge is 0.0654 e. The van der Waals surface area contributed by atoms with Crippen LogP contribution in [0.15, 0.2) is 0 Å². The van der Waals surface area contributed by atoms with Crippen molar-refractivity contribution in [1.29, 1.82) is 0 Å². The molecular formula is C16H35NO. The highest BCUT2D eigenvalue weighted by atomic mass is 16.5. The topological polar surface area (TPSA) is 35.2 Å². The Hall–Kier alpha value is -0.0800. The van der Waals surface area contributed by atoms with Crippen LogP contribution in [0.2, 0.25) is 0 Å². The lowest BCUT2D eigenvalue weighted by Gasteiger charge is -2.34. The molecule has 0 aliphatic heterocycles. The first-order valence-electron chi connectivity index (χ1n) is 7.92. The van der Waals surface area contributed by atoms with Crippen LogP contribution >= 0.6 is 0 Å². The average Bonchev–Trinajstić information content (AvgIpc) is 2.32. The molecule has 0 amide bonds. The Kier molecular flexibility index (Phi) is 10.8. The number of hydrogen-bond acceptors (Lipinski definition) is 2. The van der Waals surface area contributed by atoms with Crippen molar-refractivity contribution in [2.75, 3.05) is 13.2 Å². The molecular weight excluding hydrogens is 222 g/mol. The van der Waals surface area contributed by atoms with Gasteiger partial charge in [-0.1, -0.05) is 45.4 Å². The van der Waals surface area contributed by atoms with E-state index in [0.717, 1.165) is 19.6 Å². The fraction of sp³-hybridized carbons (Fsp3) is 1.00. The zero-order chi connectivity index (χ0) is 13.9. The molecule has 0 heterocycles. The summed E-state index contributed by atoms with van der Waals surface area (Å²) in [6, 6.07) is 0. The molecule has 0 saturated heterocycles. The second kappa shape index (κ2) is 10.8. The number of rotatable bonds is 12. The summed E-state index contributed by atoms with van der Waals surface area (Å²) in [5, 5.41) is 0. The van der Waals surface area contributed by atoms with Gasteiger partial charge in [-0.2, -0.15) is 0 Å². The summed E-state index contributed by atoms with van der Waals surface area (Å²) in [5.74, 6) is 0.605. The Bertz CT molecular complexity index is 180. The largest absolute Gasteiger partial charge is 0.376 e. The Balaban J connectivity index is 3.89. The van der Waals surface area contributed by atoms with E-state index >= 15 is 0 Å². The lowest BCUT2D eigenvalue weighted by Crippen LogP contribution is -2.36. The van der Waals surface area contributed by atoms with Crippen LogP contribution in [0.4, 0.5) is 0 Å². The fourth-order valence-corrected chi connectivity index (χ4v) is 2.70. The summed E-state index contributed by atoms with van der Waals surface area (Å²) in [7, 11) is 0. The van der Waals surface area contributed by atoms with Gasteiger partial charge in [-0.05, 0) is 46.1 Å². The van der Waals surface area contributed by atoms with Crippen molar-refractivity contribution in [3.05, 3.63) is 0 Å². The Morgan fingerprint density at radius 2 is 1.56 bits per heavy atom. The van der Waals surface area contributed by atoms with Crippen LogP contribution in [-0.2, 0) is 4.74 Å². The van der Waals surface area contributed by atoms with Gasteiger partial charge in [0.05, 0.1) is 5.60 Å². The zero-order valence-corrected chi connectivity index (χ0v) is 13.1. The van der Waals surface area contributed by atoms with Crippen molar-refractivity contribution in [3.63, 3.8) is 0 Å². The molecule has 0 radical (unpaired) electrons. The highest BCUT2D eigenvalue weighted by molar-refractivity contribution is 4.79. The minimum absolute atomic E-state index is 0.0163. The monoisotopic (exact) mass is 257 g/mol. The van der Waals surface area contributed by atoms with Crippen LogP contribution in [0, 0.1) is 5.92 Å². The number of unbranched alkanes of at least 4 members (excludes halogenated alkanes) is 5. The van der Waals surface area contributed by atoms with Gasteiger partial charge < -0.3 is 10.5 Å². The van der Waals surface area contributed by atoms with Gasteiger partial charge in [-0.15, -0.1) is 0 Å². The summed E-state index contributed by atoms with van der Waals surface area (Å²) in [4.78, 5) is 0. The predicted molar refractivity (Wildman–Crippen MR) is 80.9 cm³/mol. The van der Waals surface area contributed by atoms with E-state index in [4.69, 9.17) is 10.5 Å². The standard InChI is InChI=1S/C16H35NO/c1-5-7-8-9-10-11-12-15(13-14-17)16(3,4)18-6-2/h15H,5-14,17H2,1-4H3. The maximum absolute atomic E-state index is 5.88. The molecule has 0 aliphatic rings. The summed E-state index contributed by atoms with van der Waals surface area (Å²) < 4.78 is 5.88. The summed E-state index contributed by atoms with van der Waals surface area (Å²) in [5.41, 5.74) is 5.72. The van der Waals surface area contributed by atoms with E-state index in [1.807, 2.05) is 0 Å². The fourth-order valence-electron chi connectivity index (χ4n) is 2.70. The molecule has 0 rings (SSSR count). The molecule has 2 N–H and O–H groups in total. The normalized spacial score (nSPS) is 13.8. The van der Waals surface area contributed by atoms with Crippen molar-refractivity contribution in [2.24, 2.45) is 11.7 Å². The Morgan fingerprint density at radius 1 is 0.944 bits per heavy atom. The van der Waals surface area contributed by atoms with Crippen LogP contribution in [-0.4, -0.2) is 18.8 Å². The van der Waals surface area contributed by atoms with Crippen molar-refractivity contribution in [2.45, 2.75) is 84.7 Å². The maximum Gasteiger partial charge on any atom is 0.0654 e. The van der Waals surface area contributed by atoms with E-state index in [1.165, 1.54) is 44.9 Å². The molecule has 1 atom stereocenters. The lowest BCUT2D eigenvalue weighted by atomic mass is 9.83. The highest BCUT2D eigenvalue weighted by Gasteiger charge is 2.28. The SMILES string of the molecule is CCCCCCCCC(CCN)C(C)(C)OCC. The molecule has 2 nitrogen and oxygen atoms in total. The van der Waals surface area contributed by atoms with Crippen molar-refractivity contribution >= 4 is 0 Å². The van der Waals surface area contributed by atoms with Gasteiger partial charge in [0.2, 0.25) is 0 Å². The molecule has 110 valence electrons. The minimum atomic E-state index is -0.0163. The van der Waals surface area contributed by atoms with Gasteiger partial charge in [0, 0.05) is 6.61 Å². The Morgan fingerprint density at radius 3 is 2.11 bits per heavy atom. The van der Waals surface area contributed by atoms with Gasteiger partial charge >= 0.3 is 0 Å². The quantitative estimate of drug-likeness (QED) is 0.522. The van der Waals surface area contributed by atoms with Crippen LogP contribution in [0.1, 0.15) is 79.1 Å². The second-order valence-electron chi connectivity index (χ2n) is 5.87. The van der Waals surface area contributed by atoms with Gasteiger partial charge in [-0.3, -0.25) is 0 Å². The molecule has 0 saturated carbocycles. The third kappa shape index (κ3) is 8.10. The van der Waals surface area contributed by atoms with E-state index in [1.54, 1.807) is 0 Å². The molecule has 0 aliphatic carbocycles. The summed E-state index contributed by atoms with van der Waals surface area (Å²) >= 11 is 0. The number of nitrogens with two attached hydrogens (primary N) is 1. The molecule has 1 unspecified atom stereocenters. The van der Waals surface area contributed by atoms with Crippen LogP contribution in [0.25, 0.3) is 0 Å². The molecule has 2 heteroatoms. The maximum atomic E-state index is 5.88. The second-order valence-corrected chi connectivity index (χ2v) is 5.87. The molecule has 0 spiro atoms. The van der Waals surface area contributed by atoms with E-state index in [0.29, 0.717) is 5.92 Å². The highest BCUT2D eigenvalue weighted by Crippen LogP contribution is 2.29. The van der Waals surface area contributed by atoms with Crippen molar-refractivity contribution < 1.29 is 4.74 Å². The van der Waals surface area contributed by atoms with E-state index in [-0.39, 0.29) is 5.60 Å². The summed E-state index contributed by atoms with van der Waals surface area (Å²) in [6.07, 6.45) is 10.5. The van der Waals surface area contributed by atoms with Gasteiger partial charge in [0.25, 0.3) is 0 Å². The van der Waals surface area contributed by atoms with E-state index < -0.39 is 0 Å². The third-order valence-corrected chi connectivity index (χ3v) is 3.92. The van der Waals surface area contributed by atoms with Gasteiger partial charge in [-0.25, -0.2) is 0 Å². The van der Waals surface area contributed by atoms with E-state index in [9.17, 15) is 0 Å². The predicted octanol–water partition coefficient (Wildman–Crippen LogP) is 4.52.